The summed E-state index contributed by atoms with van der Waals surface area (Å²) in [4.78, 5) is 0. The van der Waals surface area contributed by atoms with Crippen LogP contribution in [0.2, 0.25) is 0 Å². The number of nitrogens with zero attached hydrogens (tertiary/aromatic N) is 10. The molecular weight excluding hydrogens is 755 g/mol. The molecule has 0 aliphatic heterocycles. The molecule has 7 rings (SSSR count). The van der Waals surface area contributed by atoms with E-state index in [1.165, 1.54) is 84.9 Å². The Morgan fingerprint density at radius 3 is 0.883 bits per heavy atom. The summed E-state index contributed by atoms with van der Waals surface area (Å²) in [5, 5.41) is 102. The van der Waals surface area contributed by atoms with Crippen LogP contribution in [-0.2, 0) is 0 Å². The van der Waals surface area contributed by atoms with E-state index in [1.807, 2.05) is 60.7 Å². The number of allylic oxidation sites excluding steroid dienone is 8. The molecule has 60 heavy (non-hydrogen) atoms. The molecule has 0 unspecified atom stereocenters. The highest BCUT2D eigenvalue weighted by Crippen LogP contribution is 2.61. The normalized spacial score (nSPS) is 13.6. The van der Waals surface area contributed by atoms with E-state index in [0.29, 0.717) is 0 Å². The Morgan fingerprint density at radius 2 is 0.633 bits per heavy atom. The van der Waals surface area contributed by atoms with Crippen LogP contribution in [0.3, 0.4) is 0 Å². The van der Waals surface area contributed by atoms with Gasteiger partial charge >= 0.3 is 0 Å². The summed E-state index contributed by atoms with van der Waals surface area (Å²) < 4.78 is 35.0. The molecule has 0 atom stereocenters. The fourth-order valence-corrected chi connectivity index (χ4v) is 7.45. The highest BCUT2D eigenvalue weighted by molar-refractivity contribution is 6.25. The quantitative estimate of drug-likeness (QED) is 0.157. The molecule has 0 fully saturated rings. The number of halogens is 2. The van der Waals surface area contributed by atoms with Crippen molar-refractivity contribution >= 4 is 33.4 Å². The number of rotatable bonds is 4. The Bertz CT molecular complexity index is 3130. The van der Waals surface area contributed by atoms with Gasteiger partial charge in [0.2, 0.25) is 0 Å². The maximum atomic E-state index is 17.5. The van der Waals surface area contributed by atoms with Gasteiger partial charge in [0.15, 0.2) is 11.7 Å². The van der Waals surface area contributed by atoms with Crippen molar-refractivity contribution in [3.05, 3.63) is 163 Å². The summed E-state index contributed by atoms with van der Waals surface area (Å²) in [6.45, 7) is 0. The molecule has 0 saturated heterocycles. The van der Waals surface area contributed by atoms with Crippen LogP contribution >= 0.6 is 0 Å². The van der Waals surface area contributed by atoms with Crippen LogP contribution in [0.1, 0.15) is 66.8 Å². The number of nitriles is 10. The smallest absolute Gasteiger partial charge is 0.150 e. The van der Waals surface area contributed by atoms with Gasteiger partial charge in [-0.3, -0.25) is 0 Å². The summed E-state index contributed by atoms with van der Waals surface area (Å²) >= 11 is 0. The maximum Gasteiger partial charge on any atom is 0.150 e. The second-order valence-corrected chi connectivity index (χ2v) is 13.0. The molecule has 0 heterocycles. The highest BCUT2D eigenvalue weighted by atomic mass is 19.1. The molecule has 0 spiro atoms. The van der Waals surface area contributed by atoms with Crippen molar-refractivity contribution in [2.75, 3.05) is 0 Å². The third kappa shape index (κ3) is 5.85. The Kier molecular flexibility index (Phi) is 9.63. The molecule has 2 aliphatic carbocycles. The SMILES string of the molecule is N#CC1=C(F)/C(=C(/C#N)c2cc(C#N)cc(C#N)c2)c2c1c(-c1ccc(C#N)cc1)c1c(c2-c2ccc(C#N)cc2)C(C#N)=C(F)/C1=C(/C#N)c1cc(C#N)cc(C#N)c1. The Morgan fingerprint density at radius 1 is 0.333 bits per heavy atom. The minimum Gasteiger partial charge on any atom is -0.205 e. The molecule has 10 nitrogen and oxygen atoms in total. The lowest BCUT2D eigenvalue weighted by Gasteiger charge is -2.23. The topological polar surface area (TPSA) is 238 Å². The first-order valence-corrected chi connectivity index (χ1v) is 17.2. The zero-order chi connectivity index (χ0) is 42.8. The van der Waals surface area contributed by atoms with E-state index in [4.69, 9.17) is 0 Å². The van der Waals surface area contributed by atoms with Crippen molar-refractivity contribution in [1.82, 2.24) is 0 Å². The van der Waals surface area contributed by atoms with E-state index in [9.17, 15) is 52.6 Å². The average Bonchev–Trinajstić information content (AvgIpc) is 3.74. The van der Waals surface area contributed by atoms with Crippen LogP contribution in [0.4, 0.5) is 8.78 Å². The standard InChI is InChI=1S/C48H14F2N10/c49-47-37(23-59)41-39(31-5-1-25(15-51)2-6-31)45-42(38(24-60)48(50)43(45)35(21-57)33-11-27(17-53)9-28(12-33)18-54)40(32-7-3-26(16-52)4-8-32)46(41)44(47)36(22-58)34-13-29(19-55)10-30(14-34)20-56/h1-14H/b43-35-,44-36-. The first-order chi connectivity index (χ1) is 29.1. The number of hydrogen-bond donors (Lipinski definition) is 0. The number of fused-ring (bicyclic) bond motifs is 2. The van der Waals surface area contributed by atoms with E-state index < -0.39 is 45.1 Å². The van der Waals surface area contributed by atoms with Gasteiger partial charge in [-0.15, -0.1) is 0 Å². The van der Waals surface area contributed by atoms with Crippen LogP contribution in [0.25, 0.3) is 55.7 Å². The molecule has 5 aromatic rings. The predicted molar refractivity (Wildman–Crippen MR) is 211 cm³/mol. The fraction of sp³-hybridized carbons (Fsp3) is 0. The van der Waals surface area contributed by atoms with E-state index in [-0.39, 0.29) is 89.0 Å². The summed E-state index contributed by atoms with van der Waals surface area (Å²) in [5.41, 5.74) is -3.61. The van der Waals surface area contributed by atoms with E-state index in [2.05, 4.69) is 0 Å². The minimum absolute atomic E-state index is 0.0457. The van der Waals surface area contributed by atoms with Crippen LogP contribution in [0, 0.1) is 113 Å². The van der Waals surface area contributed by atoms with Crippen molar-refractivity contribution in [2.45, 2.75) is 0 Å². The van der Waals surface area contributed by atoms with Gasteiger partial charge in [0, 0.05) is 33.4 Å². The van der Waals surface area contributed by atoms with Crippen LogP contribution < -0.4 is 0 Å². The average molecular weight is 769 g/mol. The molecule has 0 saturated carbocycles. The number of hydrogen-bond acceptors (Lipinski definition) is 10. The first-order valence-electron chi connectivity index (χ1n) is 17.2. The second kappa shape index (κ2) is 15.2. The van der Waals surface area contributed by atoms with Crippen LogP contribution in [-0.4, -0.2) is 0 Å². The second-order valence-electron chi connectivity index (χ2n) is 13.0. The Balaban J connectivity index is 1.83. The van der Waals surface area contributed by atoms with Crippen molar-refractivity contribution in [2.24, 2.45) is 0 Å². The lowest BCUT2D eigenvalue weighted by atomic mass is 9.77. The summed E-state index contributed by atoms with van der Waals surface area (Å²) in [6.07, 6.45) is 0. The van der Waals surface area contributed by atoms with Crippen LogP contribution in [0.5, 0.6) is 0 Å². The van der Waals surface area contributed by atoms with Gasteiger partial charge < -0.3 is 0 Å². The highest BCUT2D eigenvalue weighted by Gasteiger charge is 2.44. The molecule has 0 radical (unpaired) electrons. The fourth-order valence-electron chi connectivity index (χ4n) is 7.45. The molecule has 0 N–H and O–H groups in total. The Hall–Kier alpha value is -10.2. The first kappa shape index (κ1) is 38.1. The summed E-state index contributed by atoms with van der Waals surface area (Å²) in [6, 6.07) is 38.3. The predicted octanol–water partition coefficient (Wildman–Crippen LogP) is 9.55. The monoisotopic (exact) mass is 768 g/mol. The van der Waals surface area contributed by atoms with Gasteiger partial charge in [-0.2, -0.15) is 52.6 Å². The molecule has 0 aromatic heterocycles. The lowest BCUT2D eigenvalue weighted by molar-refractivity contribution is 0.682. The molecule has 12 heteroatoms. The van der Waals surface area contributed by atoms with Gasteiger partial charge in [-0.25, -0.2) is 8.78 Å². The minimum atomic E-state index is -1.22. The van der Waals surface area contributed by atoms with Crippen molar-refractivity contribution in [3.63, 3.8) is 0 Å². The van der Waals surface area contributed by atoms with Crippen molar-refractivity contribution < 1.29 is 8.78 Å². The zero-order valence-electron chi connectivity index (χ0n) is 30.3. The maximum absolute atomic E-state index is 17.5. The van der Waals surface area contributed by atoms with E-state index >= 15 is 8.78 Å². The molecule has 2 aliphatic rings. The zero-order valence-corrected chi connectivity index (χ0v) is 30.3. The third-order valence-corrected chi connectivity index (χ3v) is 9.89. The summed E-state index contributed by atoms with van der Waals surface area (Å²) in [7, 11) is 0. The van der Waals surface area contributed by atoms with E-state index in [0.717, 1.165) is 0 Å². The van der Waals surface area contributed by atoms with Gasteiger partial charge in [-0.05, 0) is 94.0 Å². The summed E-state index contributed by atoms with van der Waals surface area (Å²) in [5.74, 6) is -2.43. The Labute approximate surface area is 340 Å². The third-order valence-electron chi connectivity index (χ3n) is 9.89. The van der Waals surface area contributed by atoms with Crippen molar-refractivity contribution in [1.29, 1.82) is 52.6 Å². The van der Waals surface area contributed by atoms with Gasteiger partial charge in [-0.1, -0.05) is 24.3 Å². The van der Waals surface area contributed by atoms with Gasteiger partial charge in [0.25, 0.3) is 0 Å². The largest absolute Gasteiger partial charge is 0.205 e. The molecule has 270 valence electrons. The van der Waals surface area contributed by atoms with E-state index in [1.54, 1.807) is 0 Å². The molecule has 5 aromatic carbocycles. The van der Waals surface area contributed by atoms with Gasteiger partial charge in [0.05, 0.1) is 92.1 Å². The van der Waals surface area contributed by atoms with Crippen LogP contribution in [0.15, 0.2) is 96.6 Å². The van der Waals surface area contributed by atoms with Crippen molar-refractivity contribution in [3.8, 4) is 82.9 Å². The molecule has 0 amide bonds. The number of benzene rings is 5. The molecular formula is C48H14F2N10. The lowest BCUT2D eigenvalue weighted by Crippen LogP contribution is -2.05. The molecule has 0 bridgehead atoms. The van der Waals surface area contributed by atoms with Gasteiger partial charge in [0.1, 0.15) is 24.3 Å².